The number of hydrogen-bond acceptors (Lipinski definition) is 4. The fourth-order valence-electron chi connectivity index (χ4n) is 2.99. The summed E-state index contributed by atoms with van der Waals surface area (Å²) in [6, 6.07) is 9.01. The van der Waals surface area contributed by atoms with Crippen LogP contribution < -0.4 is 9.62 Å². The number of anilines is 1. The summed E-state index contributed by atoms with van der Waals surface area (Å²) in [6.07, 6.45) is 3.18. The molecular formula is C21H22ClFN4O3S. The van der Waals surface area contributed by atoms with Crippen LogP contribution in [-0.2, 0) is 16.4 Å². The smallest absolute Gasteiger partial charge is 0.264 e. The van der Waals surface area contributed by atoms with Gasteiger partial charge in [-0.1, -0.05) is 11.6 Å². The first-order valence-electron chi connectivity index (χ1n) is 9.51. The Kier molecular flexibility index (Phi) is 6.97. The molecule has 0 saturated heterocycles. The number of sulfonamides is 1. The molecule has 1 amide bonds. The van der Waals surface area contributed by atoms with Crippen molar-refractivity contribution in [2.45, 2.75) is 24.7 Å². The normalized spacial score (nSPS) is 11.4. The number of carbonyl (C=O) groups is 1. The maximum atomic E-state index is 13.2. The number of aromatic nitrogens is 2. The highest BCUT2D eigenvalue weighted by atomic mass is 35.5. The summed E-state index contributed by atoms with van der Waals surface area (Å²) < 4.78 is 40.1. The topological polar surface area (TPSA) is 95.2 Å². The van der Waals surface area contributed by atoms with Crippen LogP contribution in [-0.4, -0.2) is 38.1 Å². The number of nitrogens with one attached hydrogen (secondary N) is 2. The van der Waals surface area contributed by atoms with E-state index in [9.17, 15) is 17.6 Å². The Hall–Kier alpha value is -2.91. The predicted molar refractivity (Wildman–Crippen MR) is 117 cm³/mol. The third-order valence-corrected chi connectivity index (χ3v) is 6.98. The second-order valence-corrected chi connectivity index (χ2v) is 9.35. The Labute approximate surface area is 185 Å². The molecule has 0 fully saturated rings. The molecule has 0 spiro atoms. The molecule has 0 aliphatic heterocycles. The molecular weight excluding hydrogens is 443 g/mol. The highest BCUT2D eigenvalue weighted by Crippen LogP contribution is 2.26. The van der Waals surface area contributed by atoms with E-state index in [1.165, 1.54) is 49.5 Å². The Morgan fingerprint density at radius 2 is 1.94 bits per heavy atom. The van der Waals surface area contributed by atoms with Crippen molar-refractivity contribution in [3.63, 3.8) is 0 Å². The number of rotatable bonds is 8. The lowest BCUT2D eigenvalue weighted by molar-refractivity contribution is 0.0953. The third kappa shape index (κ3) is 5.23. The highest BCUT2D eigenvalue weighted by Gasteiger charge is 2.24. The van der Waals surface area contributed by atoms with Gasteiger partial charge in [-0.3, -0.25) is 14.2 Å². The lowest BCUT2D eigenvalue weighted by Crippen LogP contribution is -2.28. The predicted octanol–water partition coefficient (Wildman–Crippen LogP) is 3.70. The van der Waals surface area contributed by atoms with E-state index in [4.69, 9.17) is 11.6 Å². The maximum Gasteiger partial charge on any atom is 0.264 e. The van der Waals surface area contributed by atoms with Gasteiger partial charge in [0.1, 0.15) is 5.82 Å². The zero-order valence-corrected chi connectivity index (χ0v) is 18.6. The van der Waals surface area contributed by atoms with Crippen LogP contribution in [0.25, 0.3) is 0 Å². The Morgan fingerprint density at radius 3 is 2.58 bits per heavy atom. The Balaban J connectivity index is 1.71. The first-order valence-corrected chi connectivity index (χ1v) is 11.3. The minimum atomic E-state index is -3.98. The molecule has 31 heavy (non-hydrogen) atoms. The summed E-state index contributed by atoms with van der Waals surface area (Å²) in [4.78, 5) is 12.5. The lowest BCUT2D eigenvalue weighted by Gasteiger charge is -2.20. The van der Waals surface area contributed by atoms with Gasteiger partial charge in [0.25, 0.3) is 15.9 Å². The molecule has 2 N–H and O–H groups in total. The largest absolute Gasteiger partial charge is 0.352 e. The molecule has 0 aliphatic rings. The number of H-pyrrole nitrogens is 1. The number of hydrogen-bond donors (Lipinski definition) is 2. The van der Waals surface area contributed by atoms with Crippen LogP contribution in [0, 0.1) is 12.7 Å². The van der Waals surface area contributed by atoms with Crippen molar-refractivity contribution in [2.24, 2.45) is 0 Å². The van der Waals surface area contributed by atoms with Gasteiger partial charge in [-0.05, 0) is 67.8 Å². The summed E-state index contributed by atoms with van der Waals surface area (Å²) in [7, 11) is -2.62. The van der Waals surface area contributed by atoms with Gasteiger partial charge in [-0.15, -0.1) is 0 Å². The molecule has 0 bridgehead atoms. The second kappa shape index (κ2) is 9.49. The van der Waals surface area contributed by atoms with Gasteiger partial charge in [-0.25, -0.2) is 12.8 Å². The summed E-state index contributed by atoms with van der Waals surface area (Å²) in [6.45, 7) is 2.32. The van der Waals surface area contributed by atoms with Crippen molar-refractivity contribution in [3.05, 3.63) is 76.3 Å². The van der Waals surface area contributed by atoms with Gasteiger partial charge < -0.3 is 5.32 Å². The van der Waals surface area contributed by atoms with E-state index in [1.807, 2.05) is 6.92 Å². The second-order valence-electron chi connectivity index (χ2n) is 6.97. The number of nitrogens with zero attached hydrogens (tertiary/aromatic N) is 2. The third-order valence-electron chi connectivity index (χ3n) is 4.87. The summed E-state index contributed by atoms with van der Waals surface area (Å²) >= 11 is 6.15. The molecule has 1 heterocycles. The quantitative estimate of drug-likeness (QED) is 0.497. The summed E-state index contributed by atoms with van der Waals surface area (Å²) in [5, 5.41) is 9.73. The van der Waals surface area contributed by atoms with E-state index < -0.39 is 21.7 Å². The van der Waals surface area contributed by atoms with Gasteiger partial charge in [0, 0.05) is 19.3 Å². The zero-order valence-electron chi connectivity index (χ0n) is 17.0. The minimum absolute atomic E-state index is 0.0646. The number of amides is 1. The van der Waals surface area contributed by atoms with E-state index in [0.29, 0.717) is 13.0 Å². The van der Waals surface area contributed by atoms with Gasteiger partial charge in [0.2, 0.25) is 0 Å². The molecule has 0 radical (unpaired) electrons. The number of aryl methyl sites for hydroxylation is 2. The van der Waals surface area contributed by atoms with E-state index in [-0.39, 0.29) is 21.2 Å². The Morgan fingerprint density at radius 1 is 1.23 bits per heavy atom. The van der Waals surface area contributed by atoms with Crippen LogP contribution in [0.5, 0.6) is 0 Å². The number of halogens is 2. The number of carbonyl (C=O) groups excluding carboxylic acids is 1. The standard InChI is InChI=1S/C21H22ClFN4O3S/c1-14-15(13-25-26-14)4-3-11-24-21(28)19-12-18(9-10-20(19)22)31(29,30)27(2)17-7-5-16(23)6-8-17/h5-10,12-13H,3-4,11H2,1-2H3,(H,24,28)(H,25,26). The molecule has 3 aromatic rings. The van der Waals surface area contributed by atoms with Crippen LogP contribution in [0.1, 0.15) is 28.0 Å². The van der Waals surface area contributed by atoms with Crippen molar-refractivity contribution in [2.75, 3.05) is 17.9 Å². The minimum Gasteiger partial charge on any atom is -0.352 e. The molecule has 0 unspecified atom stereocenters. The average Bonchev–Trinajstić information content (AvgIpc) is 3.16. The highest BCUT2D eigenvalue weighted by molar-refractivity contribution is 7.92. The van der Waals surface area contributed by atoms with Crippen molar-refractivity contribution >= 4 is 33.2 Å². The molecule has 1 aromatic heterocycles. The van der Waals surface area contributed by atoms with Crippen molar-refractivity contribution < 1.29 is 17.6 Å². The molecule has 0 saturated carbocycles. The summed E-state index contributed by atoms with van der Waals surface area (Å²) in [5.74, 6) is -0.932. The molecule has 7 nitrogen and oxygen atoms in total. The van der Waals surface area contributed by atoms with Crippen LogP contribution in [0.2, 0.25) is 5.02 Å². The van der Waals surface area contributed by atoms with E-state index in [1.54, 1.807) is 6.20 Å². The molecule has 10 heteroatoms. The van der Waals surface area contributed by atoms with Crippen LogP contribution in [0.3, 0.4) is 0 Å². The van der Waals surface area contributed by atoms with E-state index in [2.05, 4.69) is 15.5 Å². The summed E-state index contributed by atoms with van der Waals surface area (Å²) in [5.41, 5.74) is 2.41. The first-order chi connectivity index (χ1) is 14.7. The van der Waals surface area contributed by atoms with Crippen molar-refractivity contribution in [1.82, 2.24) is 15.5 Å². The average molecular weight is 465 g/mol. The fourth-order valence-corrected chi connectivity index (χ4v) is 4.42. The molecule has 0 aliphatic carbocycles. The number of benzene rings is 2. The zero-order chi connectivity index (χ0) is 22.6. The molecule has 2 aromatic carbocycles. The van der Waals surface area contributed by atoms with Gasteiger partial charge in [0.05, 0.1) is 27.4 Å². The van der Waals surface area contributed by atoms with Gasteiger partial charge >= 0.3 is 0 Å². The SMILES string of the molecule is Cc1[nH]ncc1CCCNC(=O)c1cc(S(=O)(=O)N(C)c2ccc(F)cc2)ccc1Cl. The van der Waals surface area contributed by atoms with E-state index >= 15 is 0 Å². The molecule has 0 atom stereocenters. The number of aromatic amines is 1. The Bertz CT molecular complexity index is 1180. The first kappa shape index (κ1) is 22.8. The van der Waals surface area contributed by atoms with E-state index in [0.717, 1.165) is 22.0 Å². The van der Waals surface area contributed by atoms with Gasteiger partial charge in [0.15, 0.2) is 0 Å². The van der Waals surface area contributed by atoms with Crippen LogP contribution in [0.15, 0.2) is 53.6 Å². The van der Waals surface area contributed by atoms with Crippen molar-refractivity contribution in [3.8, 4) is 0 Å². The van der Waals surface area contributed by atoms with Crippen LogP contribution >= 0.6 is 11.6 Å². The van der Waals surface area contributed by atoms with Crippen LogP contribution in [0.4, 0.5) is 10.1 Å². The fraction of sp³-hybridized carbons (Fsp3) is 0.238. The van der Waals surface area contributed by atoms with Crippen molar-refractivity contribution in [1.29, 1.82) is 0 Å². The molecule has 164 valence electrons. The molecule has 3 rings (SSSR count). The monoisotopic (exact) mass is 464 g/mol. The van der Waals surface area contributed by atoms with Gasteiger partial charge in [-0.2, -0.15) is 5.10 Å². The lowest BCUT2D eigenvalue weighted by atomic mass is 10.1. The maximum absolute atomic E-state index is 13.2.